The Kier molecular flexibility index (Phi) is 6.87. The molecule has 1 saturated heterocycles. The molecule has 10 heteroatoms. The lowest BCUT2D eigenvalue weighted by atomic mass is 10.1. The Balaban J connectivity index is 1.52. The Hall–Kier alpha value is -3.40. The van der Waals surface area contributed by atoms with E-state index < -0.39 is 23.8 Å². The van der Waals surface area contributed by atoms with E-state index in [1.165, 1.54) is 12.1 Å². The first kappa shape index (κ1) is 23.7. The van der Waals surface area contributed by atoms with Crippen molar-refractivity contribution in [3.63, 3.8) is 0 Å². The second-order valence-corrected chi connectivity index (χ2v) is 8.12. The van der Waals surface area contributed by atoms with Gasteiger partial charge in [0.05, 0.1) is 11.3 Å². The molecule has 34 heavy (non-hydrogen) atoms. The molecule has 180 valence electrons. The summed E-state index contributed by atoms with van der Waals surface area (Å²) >= 11 is 0. The highest BCUT2D eigenvalue weighted by Crippen LogP contribution is 2.33. The van der Waals surface area contributed by atoms with E-state index in [1.54, 1.807) is 42.2 Å². The summed E-state index contributed by atoms with van der Waals surface area (Å²) < 4.78 is 60.0. The predicted molar refractivity (Wildman–Crippen MR) is 119 cm³/mol. The predicted octanol–water partition coefficient (Wildman–Crippen LogP) is 4.78. The van der Waals surface area contributed by atoms with Crippen LogP contribution in [0.25, 0.3) is 11.3 Å². The third-order valence-electron chi connectivity index (χ3n) is 5.67. The number of amides is 1. The maximum absolute atomic E-state index is 13.4. The summed E-state index contributed by atoms with van der Waals surface area (Å²) in [4.78, 5) is 14.6. The number of anilines is 1. The first-order chi connectivity index (χ1) is 16.2. The summed E-state index contributed by atoms with van der Waals surface area (Å²) in [5.41, 5.74) is 0.790. The molecule has 0 aliphatic carbocycles. The Morgan fingerprint density at radius 1 is 1.21 bits per heavy atom. The number of rotatable bonds is 7. The SMILES string of the molecule is Cn1nccc1-c1cc(NC(=O)c2cccc(C(F)(F)F)c2)ccc1OCCN1CCC(F)C1. The summed E-state index contributed by atoms with van der Waals surface area (Å²) in [6, 6.07) is 11.0. The first-order valence-electron chi connectivity index (χ1n) is 10.8. The van der Waals surface area contributed by atoms with Gasteiger partial charge in [-0.3, -0.25) is 14.4 Å². The molecule has 0 spiro atoms. The Morgan fingerprint density at radius 3 is 2.71 bits per heavy atom. The lowest BCUT2D eigenvalue weighted by Crippen LogP contribution is -2.26. The average molecular weight is 476 g/mol. The lowest BCUT2D eigenvalue weighted by Gasteiger charge is -2.17. The summed E-state index contributed by atoms with van der Waals surface area (Å²) in [6.07, 6.45) is -3.19. The van der Waals surface area contributed by atoms with Crippen molar-refractivity contribution in [2.24, 2.45) is 7.05 Å². The molecule has 1 aliphatic heterocycles. The van der Waals surface area contributed by atoms with E-state index in [2.05, 4.69) is 10.4 Å². The van der Waals surface area contributed by atoms with E-state index in [0.717, 1.165) is 17.8 Å². The number of benzene rings is 2. The van der Waals surface area contributed by atoms with Crippen LogP contribution in [0.3, 0.4) is 0 Å². The molecule has 2 heterocycles. The van der Waals surface area contributed by atoms with Crippen LogP contribution in [0.2, 0.25) is 0 Å². The van der Waals surface area contributed by atoms with Crippen LogP contribution in [-0.4, -0.2) is 53.0 Å². The van der Waals surface area contributed by atoms with Crippen molar-refractivity contribution < 1.29 is 27.1 Å². The van der Waals surface area contributed by atoms with Crippen LogP contribution in [0.5, 0.6) is 5.75 Å². The number of carbonyl (C=O) groups excluding carboxylic acids is 1. The van der Waals surface area contributed by atoms with Gasteiger partial charge in [0.15, 0.2) is 0 Å². The number of nitrogens with zero attached hydrogens (tertiary/aromatic N) is 3. The van der Waals surface area contributed by atoms with E-state index in [0.29, 0.717) is 49.7 Å². The minimum atomic E-state index is -4.54. The fraction of sp³-hybridized carbons (Fsp3) is 0.333. The molecule has 1 unspecified atom stereocenters. The highest BCUT2D eigenvalue weighted by atomic mass is 19.4. The number of carbonyl (C=O) groups is 1. The third-order valence-corrected chi connectivity index (χ3v) is 5.67. The Bertz CT molecular complexity index is 1160. The van der Waals surface area contributed by atoms with Crippen LogP contribution in [0, 0.1) is 0 Å². The van der Waals surface area contributed by atoms with Gasteiger partial charge >= 0.3 is 6.18 Å². The molecule has 0 saturated carbocycles. The maximum atomic E-state index is 13.4. The summed E-state index contributed by atoms with van der Waals surface area (Å²) in [6.45, 7) is 2.03. The minimum absolute atomic E-state index is 0.103. The normalized spacial score (nSPS) is 16.6. The lowest BCUT2D eigenvalue weighted by molar-refractivity contribution is -0.137. The Labute approximate surface area is 194 Å². The molecule has 0 bridgehead atoms. The second kappa shape index (κ2) is 9.84. The van der Waals surface area contributed by atoms with Crippen molar-refractivity contribution in [3.05, 3.63) is 65.9 Å². The summed E-state index contributed by atoms with van der Waals surface area (Å²) in [5.74, 6) is -0.109. The highest BCUT2D eigenvalue weighted by Gasteiger charge is 2.31. The molecule has 1 aliphatic rings. The monoisotopic (exact) mass is 476 g/mol. The fourth-order valence-electron chi connectivity index (χ4n) is 3.89. The highest BCUT2D eigenvalue weighted by molar-refractivity contribution is 6.04. The molecule has 6 nitrogen and oxygen atoms in total. The topological polar surface area (TPSA) is 59.4 Å². The molecule has 1 amide bonds. The van der Waals surface area contributed by atoms with Crippen LogP contribution < -0.4 is 10.1 Å². The van der Waals surface area contributed by atoms with Gasteiger partial charge in [-0.15, -0.1) is 0 Å². The quantitative estimate of drug-likeness (QED) is 0.499. The number of halogens is 4. The van der Waals surface area contributed by atoms with E-state index in [1.807, 2.05) is 4.90 Å². The van der Waals surface area contributed by atoms with Crippen molar-refractivity contribution in [2.45, 2.75) is 18.8 Å². The summed E-state index contributed by atoms with van der Waals surface area (Å²) in [7, 11) is 1.76. The number of hydrogen-bond acceptors (Lipinski definition) is 4. The number of nitrogens with one attached hydrogen (secondary N) is 1. The van der Waals surface area contributed by atoms with Crippen molar-refractivity contribution >= 4 is 11.6 Å². The van der Waals surface area contributed by atoms with E-state index in [4.69, 9.17) is 4.74 Å². The third kappa shape index (κ3) is 5.56. The number of ether oxygens (including phenoxy) is 1. The zero-order chi connectivity index (χ0) is 24.3. The maximum Gasteiger partial charge on any atom is 0.416 e. The first-order valence-corrected chi connectivity index (χ1v) is 10.8. The van der Waals surface area contributed by atoms with Crippen LogP contribution in [0.4, 0.5) is 23.2 Å². The number of hydrogen-bond donors (Lipinski definition) is 1. The Morgan fingerprint density at radius 2 is 2.03 bits per heavy atom. The van der Waals surface area contributed by atoms with Crippen LogP contribution in [0.15, 0.2) is 54.7 Å². The van der Waals surface area contributed by atoms with Crippen LogP contribution >= 0.6 is 0 Å². The molecule has 0 radical (unpaired) electrons. The van der Waals surface area contributed by atoms with Crippen LogP contribution in [-0.2, 0) is 13.2 Å². The fourth-order valence-corrected chi connectivity index (χ4v) is 3.89. The smallest absolute Gasteiger partial charge is 0.416 e. The molecular formula is C24H24F4N4O2. The number of alkyl halides is 4. The second-order valence-electron chi connectivity index (χ2n) is 8.12. The zero-order valence-electron chi connectivity index (χ0n) is 18.5. The number of aryl methyl sites for hydroxylation is 1. The van der Waals surface area contributed by atoms with E-state index in [9.17, 15) is 22.4 Å². The van der Waals surface area contributed by atoms with E-state index >= 15 is 0 Å². The van der Waals surface area contributed by atoms with Crippen molar-refractivity contribution in [1.82, 2.24) is 14.7 Å². The van der Waals surface area contributed by atoms with Crippen LogP contribution in [0.1, 0.15) is 22.3 Å². The van der Waals surface area contributed by atoms with Crippen molar-refractivity contribution in [2.75, 3.05) is 31.6 Å². The molecule has 1 aromatic heterocycles. The molecule has 1 N–H and O–H groups in total. The van der Waals surface area contributed by atoms with Gasteiger partial charge in [-0.1, -0.05) is 6.07 Å². The minimum Gasteiger partial charge on any atom is -0.492 e. The van der Waals surface area contributed by atoms with Gasteiger partial charge in [-0.2, -0.15) is 18.3 Å². The average Bonchev–Trinajstić information content (AvgIpc) is 3.41. The molecule has 1 atom stereocenters. The largest absolute Gasteiger partial charge is 0.492 e. The van der Waals surface area contributed by atoms with Crippen molar-refractivity contribution in [1.29, 1.82) is 0 Å². The molecule has 2 aromatic carbocycles. The van der Waals surface area contributed by atoms with Crippen molar-refractivity contribution in [3.8, 4) is 17.0 Å². The standard InChI is InChI=1S/C24H24F4N4O2/c1-31-21(7-9-29-31)20-14-19(5-6-22(20)34-12-11-32-10-8-18(25)15-32)30-23(33)16-3-2-4-17(13-16)24(26,27)28/h2-7,9,13-14,18H,8,10-12,15H2,1H3,(H,30,33). The molecule has 4 rings (SSSR count). The van der Waals surface area contributed by atoms with Gasteiger partial charge in [0.25, 0.3) is 5.91 Å². The van der Waals surface area contributed by atoms with Gasteiger partial charge in [-0.05, 0) is 48.9 Å². The van der Waals surface area contributed by atoms with Gasteiger partial charge in [0.1, 0.15) is 18.5 Å². The zero-order valence-corrected chi connectivity index (χ0v) is 18.5. The number of likely N-dealkylation sites (tertiary alicyclic amines) is 1. The molecular weight excluding hydrogens is 452 g/mol. The van der Waals surface area contributed by atoms with Gasteiger partial charge in [0, 0.05) is 49.7 Å². The van der Waals surface area contributed by atoms with Gasteiger partial charge in [0.2, 0.25) is 0 Å². The number of aromatic nitrogens is 2. The van der Waals surface area contributed by atoms with Gasteiger partial charge in [-0.25, -0.2) is 4.39 Å². The molecule has 3 aromatic rings. The summed E-state index contributed by atoms with van der Waals surface area (Å²) in [5, 5.41) is 6.82. The van der Waals surface area contributed by atoms with Gasteiger partial charge < -0.3 is 10.1 Å². The van der Waals surface area contributed by atoms with E-state index in [-0.39, 0.29) is 5.56 Å². The molecule has 1 fully saturated rings.